The van der Waals surface area contributed by atoms with Crippen LogP contribution in [0.3, 0.4) is 0 Å². The Kier molecular flexibility index (Phi) is 4.66. The second-order valence-corrected chi connectivity index (χ2v) is 5.43. The predicted molar refractivity (Wildman–Crippen MR) is 85.7 cm³/mol. The van der Waals surface area contributed by atoms with Crippen molar-refractivity contribution in [2.45, 2.75) is 32.6 Å². The Bertz CT molecular complexity index is 774. The van der Waals surface area contributed by atoms with Crippen LogP contribution in [0.15, 0.2) is 51.6 Å². The maximum absolute atomic E-state index is 10.9. The topological polar surface area (TPSA) is 69.1 Å². The predicted octanol–water partition coefficient (Wildman–Crippen LogP) is 4.30. The van der Waals surface area contributed by atoms with E-state index in [-0.39, 0.29) is 5.78 Å². The van der Waals surface area contributed by atoms with Crippen LogP contribution in [0.25, 0.3) is 22.9 Å². The second kappa shape index (κ2) is 7.05. The van der Waals surface area contributed by atoms with E-state index >= 15 is 0 Å². The fraction of sp³-hybridized carbons (Fsp3) is 0.278. The molecule has 118 valence electrons. The van der Waals surface area contributed by atoms with Gasteiger partial charge in [-0.2, -0.15) is 0 Å². The van der Waals surface area contributed by atoms with Gasteiger partial charge in [-0.05, 0) is 19.8 Å². The van der Waals surface area contributed by atoms with Crippen LogP contribution in [0.5, 0.6) is 0 Å². The molecule has 0 spiro atoms. The first-order valence-electron chi connectivity index (χ1n) is 7.68. The highest BCUT2D eigenvalue weighted by Crippen LogP contribution is 2.25. The Morgan fingerprint density at radius 2 is 2.00 bits per heavy atom. The van der Waals surface area contributed by atoms with Gasteiger partial charge in [0.15, 0.2) is 17.3 Å². The molecule has 0 aliphatic rings. The smallest absolute Gasteiger partial charge is 0.249 e. The van der Waals surface area contributed by atoms with Crippen LogP contribution in [0.1, 0.15) is 32.1 Å². The van der Waals surface area contributed by atoms with Crippen LogP contribution >= 0.6 is 0 Å². The molecule has 1 aromatic carbocycles. The van der Waals surface area contributed by atoms with Crippen LogP contribution in [0, 0.1) is 0 Å². The average Bonchev–Trinajstić information content (AvgIpc) is 3.21. The lowest BCUT2D eigenvalue weighted by Gasteiger charge is -1.95. The first-order valence-corrected chi connectivity index (χ1v) is 7.68. The van der Waals surface area contributed by atoms with Crippen LogP contribution in [-0.4, -0.2) is 15.8 Å². The van der Waals surface area contributed by atoms with Gasteiger partial charge >= 0.3 is 0 Å². The van der Waals surface area contributed by atoms with E-state index in [1.165, 1.54) is 0 Å². The third-order valence-corrected chi connectivity index (χ3v) is 3.50. The summed E-state index contributed by atoms with van der Waals surface area (Å²) in [5.74, 6) is 2.00. The van der Waals surface area contributed by atoms with E-state index in [1.807, 2.05) is 30.3 Å². The number of Topliss-reactive ketones (excluding diaryl/α,β-unsaturated/α-hetero) is 1. The average molecular weight is 310 g/mol. The maximum atomic E-state index is 10.9. The molecule has 23 heavy (non-hydrogen) atoms. The summed E-state index contributed by atoms with van der Waals surface area (Å²) in [6.45, 7) is 1.61. The highest BCUT2D eigenvalue weighted by molar-refractivity contribution is 5.75. The van der Waals surface area contributed by atoms with E-state index < -0.39 is 0 Å². The zero-order valence-corrected chi connectivity index (χ0v) is 13.0. The first-order chi connectivity index (χ1) is 11.2. The fourth-order valence-corrected chi connectivity index (χ4v) is 2.30. The lowest BCUT2D eigenvalue weighted by atomic mass is 10.1. The van der Waals surface area contributed by atoms with Gasteiger partial charge in [0.25, 0.3) is 0 Å². The van der Waals surface area contributed by atoms with Crippen molar-refractivity contribution < 1.29 is 13.6 Å². The number of carbonyl (C=O) groups excluding carboxylic acids is 1. The molecule has 3 aromatic rings. The van der Waals surface area contributed by atoms with Crippen LogP contribution in [0.4, 0.5) is 0 Å². The Hall–Kier alpha value is -2.69. The third kappa shape index (κ3) is 3.94. The van der Waals surface area contributed by atoms with Crippen molar-refractivity contribution in [2.24, 2.45) is 0 Å². The molecule has 0 amide bonds. The monoisotopic (exact) mass is 310 g/mol. The summed E-state index contributed by atoms with van der Waals surface area (Å²) in [4.78, 5) is 19.6. The number of hydrogen-bond donors (Lipinski definition) is 0. The summed E-state index contributed by atoms with van der Waals surface area (Å²) in [5, 5.41) is 0. The molecule has 0 bridgehead atoms. The van der Waals surface area contributed by atoms with Gasteiger partial charge in [0.2, 0.25) is 5.89 Å². The van der Waals surface area contributed by atoms with Crippen molar-refractivity contribution in [3.05, 3.63) is 48.7 Å². The third-order valence-electron chi connectivity index (χ3n) is 3.50. The van der Waals surface area contributed by atoms with E-state index in [0.29, 0.717) is 36.1 Å². The minimum Gasteiger partial charge on any atom is -0.448 e. The van der Waals surface area contributed by atoms with E-state index in [2.05, 4.69) is 9.97 Å². The molecule has 2 heterocycles. The minimum atomic E-state index is 0.214. The van der Waals surface area contributed by atoms with Crippen molar-refractivity contribution in [3.63, 3.8) is 0 Å². The quantitative estimate of drug-likeness (QED) is 0.609. The van der Waals surface area contributed by atoms with E-state index in [4.69, 9.17) is 8.83 Å². The molecule has 0 N–H and O–H groups in total. The number of unbranched alkanes of at least 4 members (excludes halogenated alkanes) is 1. The number of carbonyl (C=O) groups is 1. The van der Waals surface area contributed by atoms with Crippen molar-refractivity contribution in [1.29, 1.82) is 0 Å². The number of aryl methyl sites for hydroxylation is 1. The van der Waals surface area contributed by atoms with Crippen LogP contribution in [0.2, 0.25) is 0 Å². The van der Waals surface area contributed by atoms with Gasteiger partial charge in [0.05, 0.1) is 6.20 Å². The number of benzene rings is 1. The Balaban J connectivity index is 1.64. The molecule has 5 heteroatoms. The van der Waals surface area contributed by atoms with Crippen molar-refractivity contribution in [3.8, 4) is 22.9 Å². The lowest BCUT2D eigenvalue weighted by Crippen LogP contribution is -1.91. The zero-order chi connectivity index (χ0) is 16.1. The number of oxazole rings is 2. The van der Waals surface area contributed by atoms with Crippen LogP contribution in [-0.2, 0) is 11.2 Å². The van der Waals surface area contributed by atoms with Crippen LogP contribution < -0.4 is 0 Å². The molecular formula is C18H18N2O3. The molecule has 2 aromatic heterocycles. The molecular weight excluding hydrogens is 292 g/mol. The summed E-state index contributed by atoms with van der Waals surface area (Å²) in [5.41, 5.74) is 1.56. The molecule has 0 aliphatic carbocycles. The number of hydrogen-bond acceptors (Lipinski definition) is 5. The summed E-state index contributed by atoms with van der Waals surface area (Å²) >= 11 is 0. The number of nitrogens with zero attached hydrogens (tertiary/aromatic N) is 2. The van der Waals surface area contributed by atoms with E-state index in [9.17, 15) is 4.79 Å². The summed E-state index contributed by atoms with van der Waals surface area (Å²) in [6, 6.07) is 9.79. The number of aromatic nitrogens is 2. The standard InChI is InChI=1S/C18H18N2O3/c1-13(21)7-5-6-10-17-20-15(12-22-17)18-19-11-16(23-18)14-8-3-2-4-9-14/h2-4,8-9,11-12H,5-7,10H2,1H3. The molecule has 0 unspecified atom stereocenters. The number of ketones is 1. The molecule has 0 saturated carbocycles. The molecule has 0 atom stereocenters. The molecule has 0 aliphatic heterocycles. The highest BCUT2D eigenvalue weighted by atomic mass is 16.4. The largest absolute Gasteiger partial charge is 0.448 e. The molecule has 3 rings (SSSR count). The molecule has 0 fully saturated rings. The van der Waals surface area contributed by atoms with Gasteiger partial charge in [0.1, 0.15) is 12.0 Å². The first kappa shape index (κ1) is 15.2. The van der Waals surface area contributed by atoms with E-state index in [1.54, 1.807) is 19.4 Å². The van der Waals surface area contributed by atoms with Crippen molar-refractivity contribution in [2.75, 3.05) is 0 Å². The van der Waals surface area contributed by atoms with Gasteiger partial charge < -0.3 is 13.6 Å². The second-order valence-electron chi connectivity index (χ2n) is 5.43. The number of rotatable bonds is 7. The maximum Gasteiger partial charge on any atom is 0.249 e. The van der Waals surface area contributed by atoms with Gasteiger partial charge in [0, 0.05) is 18.4 Å². The van der Waals surface area contributed by atoms with Crippen molar-refractivity contribution >= 4 is 5.78 Å². The SMILES string of the molecule is CC(=O)CCCCc1nc(-c2ncc(-c3ccccc3)o2)co1. The summed E-state index contributed by atoms with van der Waals surface area (Å²) in [6.07, 6.45) is 6.28. The minimum absolute atomic E-state index is 0.214. The van der Waals surface area contributed by atoms with Gasteiger partial charge in [-0.3, -0.25) is 0 Å². The molecule has 0 saturated heterocycles. The zero-order valence-electron chi connectivity index (χ0n) is 13.0. The van der Waals surface area contributed by atoms with E-state index in [0.717, 1.165) is 18.4 Å². The fourth-order valence-electron chi connectivity index (χ4n) is 2.30. The summed E-state index contributed by atoms with van der Waals surface area (Å²) < 4.78 is 11.2. The van der Waals surface area contributed by atoms with Gasteiger partial charge in [-0.1, -0.05) is 30.3 Å². The lowest BCUT2D eigenvalue weighted by molar-refractivity contribution is -0.117. The highest BCUT2D eigenvalue weighted by Gasteiger charge is 2.13. The Morgan fingerprint density at radius 1 is 1.17 bits per heavy atom. The summed E-state index contributed by atoms with van der Waals surface area (Å²) in [7, 11) is 0. The van der Waals surface area contributed by atoms with Gasteiger partial charge in [-0.25, -0.2) is 9.97 Å². The molecule has 5 nitrogen and oxygen atoms in total. The Morgan fingerprint density at radius 3 is 2.78 bits per heavy atom. The normalized spacial score (nSPS) is 10.8. The molecule has 0 radical (unpaired) electrons. The Labute approximate surface area is 134 Å². The van der Waals surface area contributed by atoms with Crippen molar-refractivity contribution in [1.82, 2.24) is 9.97 Å². The van der Waals surface area contributed by atoms with Gasteiger partial charge in [-0.15, -0.1) is 0 Å².